The molecule has 0 saturated heterocycles. The molecule has 0 fully saturated rings. The van der Waals surface area contributed by atoms with Crippen LogP contribution >= 0.6 is 15.6 Å². The lowest BCUT2D eigenvalue weighted by Crippen LogP contribution is -2.30. The number of rotatable bonds is 73. The van der Waals surface area contributed by atoms with Crippen molar-refractivity contribution in [2.75, 3.05) is 39.6 Å². The Morgan fingerprint density at radius 3 is 0.739 bits per heavy atom. The van der Waals surface area contributed by atoms with Crippen LogP contribution in [0.25, 0.3) is 0 Å². The summed E-state index contributed by atoms with van der Waals surface area (Å²) in [5.74, 6) is -1.34. The van der Waals surface area contributed by atoms with Crippen LogP contribution in [0.4, 0.5) is 0 Å². The van der Waals surface area contributed by atoms with E-state index in [0.717, 1.165) is 95.8 Å². The van der Waals surface area contributed by atoms with Gasteiger partial charge >= 0.3 is 39.5 Å². The molecule has 0 rings (SSSR count). The lowest BCUT2D eigenvalue weighted by Gasteiger charge is -2.21. The van der Waals surface area contributed by atoms with Crippen molar-refractivity contribution in [3.8, 4) is 0 Å². The lowest BCUT2D eigenvalue weighted by atomic mass is 10.0. The number of aliphatic hydroxyl groups is 1. The Balaban J connectivity index is 5.24. The second kappa shape index (κ2) is 66.3. The maximum atomic E-state index is 13.1. The van der Waals surface area contributed by atoms with Gasteiger partial charge in [-0.05, 0) is 31.6 Å². The number of carbonyl (C=O) groups excluding carboxylic acids is 4. The summed E-state index contributed by atoms with van der Waals surface area (Å²) in [6.07, 6.45) is 53.9. The monoisotopic (exact) mass is 1350 g/mol. The molecule has 546 valence electrons. The van der Waals surface area contributed by atoms with Crippen LogP contribution in [0.1, 0.15) is 381 Å². The van der Waals surface area contributed by atoms with Crippen molar-refractivity contribution in [1.82, 2.24) is 0 Å². The summed E-state index contributed by atoms with van der Waals surface area (Å²) in [6.45, 7) is 7.28. The van der Waals surface area contributed by atoms with Gasteiger partial charge in [0, 0.05) is 25.7 Å². The van der Waals surface area contributed by atoms with E-state index in [1.165, 1.54) is 205 Å². The minimum Gasteiger partial charge on any atom is -0.462 e. The zero-order valence-electron chi connectivity index (χ0n) is 59.7. The molecule has 0 bridgehead atoms. The lowest BCUT2D eigenvalue weighted by molar-refractivity contribution is -0.161. The Morgan fingerprint density at radius 1 is 0.293 bits per heavy atom. The molecule has 0 saturated carbocycles. The first-order valence-electron chi connectivity index (χ1n) is 38.1. The average molecular weight is 1350 g/mol. The topological polar surface area (TPSA) is 237 Å². The second-order valence-electron chi connectivity index (χ2n) is 26.8. The first kappa shape index (κ1) is 90.1. The van der Waals surface area contributed by atoms with Crippen LogP contribution in [0.15, 0.2) is 0 Å². The van der Waals surface area contributed by atoms with E-state index in [9.17, 15) is 43.2 Å². The first-order valence-corrected chi connectivity index (χ1v) is 41.1. The highest BCUT2D eigenvalue weighted by Gasteiger charge is 2.30. The van der Waals surface area contributed by atoms with E-state index in [2.05, 4.69) is 34.6 Å². The van der Waals surface area contributed by atoms with E-state index in [1.807, 2.05) is 0 Å². The Bertz CT molecular complexity index is 1770. The van der Waals surface area contributed by atoms with Gasteiger partial charge in [-0.1, -0.05) is 330 Å². The fourth-order valence-corrected chi connectivity index (χ4v) is 12.8. The number of ether oxygens (including phenoxy) is 4. The van der Waals surface area contributed by atoms with Crippen molar-refractivity contribution < 1.29 is 80.2 Å². The van der Waals surface area contributed by atoms with Gasteiger partial charge in [-0.3, -0.25) is 37.3 Å². The van der Waals surface area contributed by atoms with Gasteiger partial charge in [-0.2, -0.15) is 0 Å². The Kier molecular flexibility index (Phi) is 64.9. The largest absolute Gasteiger partial charge is 0.472 e. The molecular formula is C73H142O17P2. The smallest absolute Gasteiger partial charge is 0.462 e. The van der Waals surface area contributed by atoms with Crippen molar-refractivity contribution in [2.45, 2.75) is 400 Å². The summed E-state index contributed by atoms with van der Waals surface area (Å²) >= 11 is 0. The number of aliphatic hydroxyl groups excluding tert-OH is 1. The molecule has 0 heterocycles. The first-order chi connectivity index (χ1) is 44.5. The molecule has 0 radical (unpaired) electrons. The van der Waals surface area contributed by atoms with Crippen molar-refractivity contribution in [3.63, 3.8) is 0 Å². The number of carbonyl (C=O) groups is 4. The number of phosphoric ester groups is 2. The summed E-state index contributed by atoms with van der Waals surface area (Å²) in [7, 11) is -9.90. The number of phosphoric acid groups is 2. The predicted molar refractivity (Wildman–Crippen MR) is 372 cm³/mol. The van der Waals surface area contributed by atoms with E-state index >= 15 is 0 Å². The van der Waals surface area contributed by atoms with Crippen LogP contribution in [0, 0.1) is 5.92 Å². The number of unbranched alkanes of at least 4 members (excludes halogenated alkanes) is 45. The molecule has 0 aromatic carbocycles. The molecule has 0 spiro atoms. The Morgan fingerprint density at radius 2 is 0.500 bits per heavy atom. The summed E-state index contributed by atoms with van der Waals surface area (Å²) in [6, 6.07) is 0. The molecule has 0 aliphatic heterocycles. The standard InChI is InChI=1S/C73H142O17P2/c1-6-9-12-15-18-21-24-26-27-28-33-37-42-47-52-57-71(76)84-63-69(90-73(78)59-54-49-44-39-34-30-29-31-35-40-45-50-55-66(4)5)65-88-92(81,82)86-61-67(74)60-85-91(79,80)87-64-68(62-83-70(75)56-51-46-41-36-23-20-17-14-11-8-3)89-72(77)58-53-48-43-38-32-25-22-19-16-13-10-7-2/h66-69,74H,6-65H2,1-5H3,(H,79,80)(H,81,82)/t67-,68+,69+/m0/s1. The molecule has 2 unspecified atom stereocenters. The third-order valence-corrected chi connectivity index (χ3v) is 18.9. The molecule has 19 heteroatoms. The minimum absolute atomic E-state index is 0.108. The van der Waals surface area contributed by atoms with E-state index in [1.54, 1.807) is 0 Å². The number of esters is 4. The molecule has 17 nitrogen and oxygen atoms in total. The molecule has 5 atom stereocenters. The summed E-state index contributed by atoms with van der Waals surface area (Å²) < 4.78 is 68.4. The number of hydrogen-bond donors (Lipinski definition) is 3. The quantitative estimate of drug-likeness (QED) is 0.0222. The van der Waals surface area contributed by atoms with E-state index < -0.39 is 97.5 Å². The van der Waals surface area contributed by atoms with Crippen LogP contribution in [0.2, 0.25) is 0 Å². The molecule has 92 heavy (non-hydrogen) atoms. The maximum absolute atomic E-state index is 13.1. The van der Waals surface area contributed by atoms with Crippen LogP contribution in [0.3, 0.4) is 0 Å². The van der Waals surface area contributed by atoms with Crippen LogP contribution < -0.4 is 0 Å². The highest BCUT2D eigenvalue weighted by atomic mass is 31.2. The summed E-state index contributed by atoms with van der Waals surface area (Å²) in [4.78, 5) is 72.7. The number of hydrogen-bond acceptors (Lipinski definition) is 15. The zero-order chi connectivity index (χ0) is 67.7. The van der Waals surface area contributed by atoms with Crippen molar-refractivity contribution in [2.24, 2.45) is 5.92 Å². The van der Waals surface area contributed by atoms with Crippen LogP contribution in [-0.2, 0) is 65.4 Å². The molecule has 0 aromatic heterocycles. The van der Waals surface area contributed by atoms with Gasteiger partial charge in [0.15, 0.2) is 12.2 Å². The third kappa shape index (κ3) is 66.7. The van der Waals surface area contributed by atoms with Crippen LogP contribution in [-0.4, -0.2) is 96.7 Å². The molecule has 0 aliphatic rings. The molecule has 0 amide bonds. The van der Waals surface area contributed by atoms with Gasteiger partial charge in [0.1, 0.15) is 19.3 Å². The zero-order valence-corrected chi connectivity index (χ0v) is 61.5. The van der Waals surface area contributed by atoms with E-state index in [4.69, 9.17) is 37.0 Å². The van der Waals surface area contributed by atoms with Gasteiger partial charge in [0.25, 0.3) is 0 Å². The molecule has 0 aromatic rings. The normalized spacial score (nSPS) is 14.0. The van der Waals surface area contributed by atoms with Crippen molar-refractivity contribution in [1.29, 1.82) is 0 Å². The second-order valence-corrected chi connectivity index (χ2v) is 29.7. The average Bonchev–Trinajstić information content (AvgIpc) is 2.95. The fraction of sp³-hybridized carbons (Fsp3) is 0.945. The van der Waals surface area contributed by atoms with E-state index in [0.29, 0.717) is 25.7 Å². The maximum Gasteiger partial charge on any atom is 0.472 e. The van der Waals surface area contributed by atoms with Gasteiger partial charge in [0.2, 0.25) is 0 Å². The molecule has 3 N–H and O–H groups in total. The predicted octanol–water partition coefficient (Wildman–Crippen LogP) is 21.3. The summed E-state index contributed by atoms with van der Waals surface area (Å²) in [5.41, 5.74) is 0. The van der Waals surface area contributed by atoms with Crippen molar-refractivity contribution >= 4 is 39.5 Å². The minimum atomic E-state index is -4.95. The van der Waals surface area contributed by atoms with Gasteiger partial charge in [-0.15, -0.1) is 0 Å². The molecular weight excluding hydrogens is 1210 g/mol. The highest BCUT2D eigenvalue weighted by Crippen LogP contribution is 2.45. The Labute approximate surface area is 562 Å². The van der Waals surface area contributed by atoms with Gasteiger partial charge in [-0.25, -0.2) is 9.13 Å². The third-order valence-electron chi connectivity index (χ3n) is 17.0. The molecule has 0 aliphatic carbocycles. The fourth-order valence-electron chi connectivity index (χ4n) is 11.2. The summed E-state index contributed by atoms with van der Waals surface area (Å²) in [5, 5.41) is 10.6. The highest BCUT2D eigenvalue weighted by molar-refractivity contribution is 7.47. The SMILES string of the molecule is CCCCCCCCCCCCCCCCCC(=O)OC[C@H](COP(=O)(O)OC[C@@H](O)COP(=O)(O)OC[C@@H](COC(=O)CCCCCCCCCCCC)OC(=O)CCCCCCCCCCCCCC)OC(=O)CCCCCCCCCCCCCCC(C)C. The Hall–Kier alpha value is -1.94. The van der Waals surface area contributed by atoms with Gasteiger partial charge in [0.05, 0.1) is 26.4 Å². The van der Waals surface area contributed by atoms with E-state index in [-0.39, 0.29) is 25.7 Å². The van der Waals surface area contributed by atoms with Crippen LogP contribution in [0.5, 0.6) is 0 Å². The van der Waals surface area contributed by atoms with Gasteiger partial charge < -0.3 is 33.8 Å². The van der Waals surface area contributed by atoms with Crippen molar-refractivity contribution in [3.05, 3.63) is 0 Å².